The van der Waals surface area contributed by atoms with E-state index in [-0.39, 0.29) is 0 Å². The van der Waals surface area contributed by atoms with Crippen molar-refractivity contribution in [1.29, 1.82) is 0 Å². The van der Waals surface area contributed by atoms with E-state index in [0.717, 1.165) is 6.54 Å². The molecule has 0 aromatic heterocycles. The lowest BCUT2D eigenvalue weighted by molar-refractivity contribution is 0.137. The van der Waals surface area contributed by atoms with Gasteiger partial charge in [0.15, 0.2) is 0 Å². The molecule has 0 aromatic rings. The Bertz CT molecular complexity index is 70.1. The third-order valence-corrected chi connectivity index (χ3v) is 0.558. The van der Waals surface area contributed by atoms with Crippen molar-refractivity contribution in [1.82, 2.24) is 0 Å². The summed E-state index contributed by atoms with van der Waals surface area (Å²) in [6.07, 6.45) is 0.552. The van der Waals surface area contributed by atoms with E-state index in [1.165, 1.54) is 12.8 Å². The van der Waals surface area contributed by atoms with Gasteiger partial charge in [-0.15, -0.1) is 13.2 Å². The fourth-order valence-electron chi connectivity index (χ4n) is 0.204. The first kappa shape index (κ1) is 16.5. The van der Waals surface area contributed by atoms with Crippen LogP contribution < -0.4 is 5.73 Å². The first-order valence-electron chi connectivity index (χ1n) is 3.27. The largest absolute Gasteiger partial charge is 0.503 e. The lowest BCUT2D eigenvalue weighted by Gasteiger charge is -1.80. The zero-order valence-electron chi connectivity index (χ0n) is 6.92. The van der Waals surface area contributed by atoms with Gasteiger partial charge in [0.25, 0.3) is 0 Å². The van der Waals surface area contributed by atoms with Gasteiger partial charge in [-0.1, -0.05) is 13.3 Å². The topological polar surface area (TPSA) is 83.6 Å². The Labute approximate surface area is 67.3 Å². The molecule has 4 heteroatoms. The minimum absolute atomic E-state index is 0.844. The summed E-state index contributed by atoms with van der Waals surface area (Å²) in [6, 6.07) is 0. The van der Waals surface area contributed by atoms with Crippen molar-refractivity contribution in [3.63, 3.8) is 0 Å². The van der Waals surface area contributed by atoms with Crippen LogP contribution in [-0.2, 0) is 0 Å². The van der Waals surface area contributed by atoms with Gasteiger partial charge in [0.1, 0.15) is 0 Å². The van der Waals surface area contributed by atoms with Crippen molar-refractivity contribution in [3.8, 4) is 0 Å². The normalized spacial score (nSPS) is 6.36. The predicted molar refractivity (Wildman–Crippen MR) is 45.9 cm³/mol. The highest BCUT2D eigenvalue weighted by molar-refractivity contribution is 5.53. The van der Waals surface area contributed by atoms with Crippen LogP contribution in [0, 0.1) is 0 Å². The molecule has 0 aromatic carbocycles. The molecule has 0 fully saturated rings. The summed E-state index contributed by atoms with van der Waals surface area (Å²) in [6.45, 7) is 8.98. The molecule has 0 aliphatic heterocycles. The molecule has 0 saturated heterocycles. The Morgan fingerprint density at radius 1 is 1.45 bits per heavy atom. The molecular weight excluding hydrogens is 146 g/mol. The molecule has 0 heterocycles. The van der Waals surface area contributed by atoms with Gasteiger partial charge in [-0.2, -0.15) is 0 Å². The zero-order valence-corrected chi connectivity index (χ0v) is 6.92. The number of unbranched alkanes of at least 4 members (excludes halogenated alkanes) is 1. The molecule has 0 saturated carbocycles. The number of nitrogens with two attached hydrogens (primary N) is 1. The van der Waals surface area contributed by atoms with E-state index in [9.17, 15) is 0 Å². The van der Waals surface area contributed by atoms with E-state index >= 15 is 0 Å². The van der Waals surface area contributed by atoms with E-state index in [1.54, 1.807) is 0 Å². The van der Waals surface area contributed by atoms with Crippen LogP contribution >= 0.6 is 0 Å². The van der Waals surface area contributed by atoms with Crippen molar-refractivity contribution in [2.45, 2.75) is 19.8 Å². The van der Waals surface area contributed by atoms with Crippen LogP contribution in [0.1, 0.15) is 19.8 Å². The fourth-order valence-corrected chi connectivity index (χ4v) is 0.204. The average molecular weight is 163 g/mol. The third kappa shape index (κ3) is 463. The maximum atomic E-state index is 8.56. The second kappa shape index (κ2) is 23.1. The molecule has 0 atom stereocenters. The standard InChI is InChI=1S/C4H11N.C2H4.CH2O3/c1-2-3-4-5;1-2;2-1(3)4/h2-5H2,1H3;1-2H2;(H2,2,3,4). The summed E-state index contributed by atoms with van der Waals surface area (Å²) in [5.74, 6) is 0. The van der Waals surface area contributed by atoms with E-state index in [4.69, 9.17) is 20.7 Å². The summed E-state index contributed by atoms with van der Waals surface area (Å²) in [5.41, 5.74) is 5.14. The Balaban J connectivity index is -0.0000000965. The minimum Gasteiger partial charge on any atom is -0.450 e. The van der Waals surface area contributed by atoms with Gasteiger partial charge < -0.3 is 15.9 Å². The molecule has 68 valence electrons. The molecule has 0 amide bonds. The number of hydrogen-bond acceptors (Lipinski definition) is 2. The summed E-state index contributed by atoms with van der Waals surface area (Å²) >= 11 is 0. The second-order valence-electron chi connectivity index (χ2n) is 1.42. The van der Waals surface area contributed by atoms with Crippen LogP contribution in [0.4, 0.5) is 4.79 Å². The van der Waals surface area contributed by atoms with Gasteiger partial charge in [-0.3, -0.25) is 0 Å². The number of rotatable bonds is 2. The van der Waals surface area contributed by atoms with Crippen molar-refractivity contribution < 1.29 is 15.0 Å². The first-order valence-corrected chi connectivity index (χ1v) is 3.27. The quantitative estimate of drug-likeness (QED) is 0.542. The Morgan fingerprint density at radius 3 is 1.73 bits per heavy atom. The predicted octanol–water partition coefficient (Wildman–Crippen LogP) is 1.77. The van der Waals surface area contributed by atoms with E-state index < -0.39 is 6.16 Å². The first-order chi connectivity index (χ1) is 5.15. The number of carbonyl (C=O) groups is 1. The SMILES string of the molecule is C=C.CCCCN.O=C(O)O. The minimum atomic E-state index is -1.83. The monoisotopic (exact) mass is 163 g/mol. The Kier molecular flexibility index (Phi) is 34.6. The second-order valence-corrected chi connectivity index (χ2v) is 1.42. The number of hydrogen-bond donors (Lipinski definition) is 3. The molecule has 4 N–H and O–H groups in total. The molecular formula is C7H17NO3. The van der Waals surface area contributed by atoms with Gasteiger partial charge in [0.05, 0.1) is 0 Å². The van der Waals surface area contributed by atoms with E-state index in [1.807, 2.05) is 0 Å². The molecule has 0 radical (unpaired) electrons. The molecule has 0 aliphatic rings. The molecule has 11 heavy (non-hydrogen) atoms. The van der Waals surface area contributed by atoms with Crippen LogP contribution in [-0.4, -0.2) is 22.9 Å². The highest BCUT2D eigenvalue weighted by Crippen LogP contribution is 1.77. The maximum Gasteiger partial charge on any atom is 0.503 e. The van der Waals surface area contributed by atoms with E-state index in [2.05, 4.69) is 20.1 Å². The van der Waals surface area contributed by atoms with Crippen LogP contribution in [0.5, 0.6) is 0 Å². The summed E-state index contributed by atoms with van der Waals surface area (Å²) in [4.78, 5) is 8.56. The van der Waals surface area contributed by atoms with Gasteiger partial charge in [0.2, 0.25) is 0 Å². The third-order valence-electron chi connectivity index (χ3n) is 0.558. The zero-order chi connectivity index (χ0) is 9.70. The summed E-state index contributed by atoms with van der Waals surface area (Å²) in [7, 11) is 0. The van der Waals surface area contributed by atoms with Crippen LogP contribution in [0.15, 0.2) is 13.2 Å². The lowest BCUT2D eigenvalue weighted by Crippen LogP contribution is -1.95. The molecule has 4 nitrogen and oxygen atoms in total. The average Bonchev–Trinajstić information content (AvgIpc) is 1.93. The van der Waals surface area contributed by atoms with Gasteiger partial charge in [0, 0.05) is 0 Å². The van der Waals surface area contributed by atoms with Gasteiger partial charge in [-0.05, 0) is 13.0 Å². The summed E-state index contributed by atoms with van der Waals surface area (Å²) in [5, 5.41) is 13.9. The van der Waals surface area contributed by atoms with Crippen molar-refractivity contribution in [2.75, 3.05) is 6.54 Å². The Morgan fingerprint density at radius 2 is 1.73 bits per heavy atom. The van der Waals surface area contributed by atoms with Crippen LogP contribution in [0.3, 0.4) is 0 Å². The number of carboxylic acid groups (broad SMARTS) is 2. The van der Waals surface area contributed by atoms with Crippen molar-refractivity contribution in [2.24, 2.45) is 5.73 Å². The highest BCUT2D eigenvalue weighted by Gasteiger charge is 1.70. The lowest BCUT2D eigenvalue weighted by atomic mass is 10.3. The Hall–Kier alpha value is -1.03. The molecule has 0 spiro atoms. The fraction of sp³-hybridized carbons (Fsp3) is 0.571. The maximum absolute atomic E-state index is 8.56. The molecule has 0 unspecified atom stereocenters. The smallest absolute Gasteiger partial charge is 0.450 e. The van der Waals surface area contributed by atoms with Crippen molar-refractivity contribution in [3.05, 3.63) is 13.2 Å². The van der Waals surface area contributed by atoms with E-state index in [0.29, 0.717) is 0 Å². The summed E-state index contributed by atoms with van der Waals surface area (Å²) < 4.78 is 0. The van der Waals surface area contributed by atoms with Gasteiger partial charge in [-0.25, -0.2) is 4.79 Å². The molecule has 0 bridgehead atoms. The highest BCUT2D eigenvalue weighted by atomic mass is 16.6. The van der Waals surface area contributed by atoms with Crippen molar-refractivity contribution >= 4 is 6.16 Å². The van der Waals surface area contributed by atoms with Crippen LogP contribution in [0.2, 0.25) is 0 Å². The molecule has 0 rings (SSSR count). The molecule has 0 aliphatic carbocycles. The van der Waals surface area contributed by atoms with Gasteiger partial charge >= 0.3 is 6.16 Å². The van der Waals surface area contributed by atoms with Crippen LogP contribution in [0.25, 0.3) is 0 Å².